The maximum atomic E-state index is 12.5. The van der Waals surface area contributed by atoms with Crippen molar-refractivity contribution in [3.63, 3.8) is 0 Å². The molecule has 70 heavy (non-hydrogen) atoms. The van der Waals surface area contributed by atoms with Crippen LogP contribution in [0.3, 0.4) is 0 Å². The number of alkyl carbamates (subject to hydrolysis) is 2. The Morgan fingerprint density at radius 1 is 0.729 bits per heavy atom. The van der Waals surface area contributed by atoms with Gasteiger partial charge in [-0.15, -0.1) is 0 Å². The molecule has 0 atom stereocenters. The van der Waals surface area contributed by atoms with Crippen LogP contribution in [0.2, 0.25) is 10.3 Å². The van der Waals surface area contributed by atoms with Crippen molar-refractivity contribution in [2.45, 2.75) is 104 Å². The quantitative estimate of drug-likeness (QED) is 0.0509. The molecule has 6 aromatic rings. The van der Waals surface area contributed by atoms with Crippen molar-refractivity contribution in [1.82, 2.24) is 44.9 Å². The van der Waals surface area contributed by atoms with Crippen LogP contribution < -0.4 is 21.7 Å². The summed E-state index contributed by atoms with van der Waals surface area (Å²) in [5, 5.41) is 21.8. The summed E-state index contributed by atoms with van der Waals surface area (Å²) < 4.78 is 12.7. The summed E-state index contributed by atoms with van der Waals surface area (Å²) in [6, 6.07) is 24.0. The number of halogens is 2. The number of benzene rings is 2. The number of nitrogens with zero attached hydrogens (tertiary/aromatic N) is 8. The number of piperidine rings is 2. The predicted octanol–water partition coefficient (Wildman–Crippen LogP) is 10.1. The first kappa shape index (κ1) is 49.8. The maximum Gasteiger partial charge on any atom is 0.407 e. The first-order chi connectivity index (χ1) is 33.2. The van der Waals surface area contributed by atoms with E-state index in [9.17, 15) is 19.7 Å². The number of hydrogen-bond acceptors (Lipinski definition) is 14. The second-order valence-electron chi connectivity index (χ2n) is 19.7. The monoisotopic (exact) mass is 992 g/mol. The van der Waals surface area contributed by atoms with E-state index in [4.69, 9.17) is 43.4 Å². The summed E-state index contributed by atoms with van der Waals surface area (Å²) in [5.41, 5.74) is 10.9. The fraction of sp³-hybridized carbons (Fsp3) is 0.400. The second-order valence-corrected chi connectivity index (χ2v) is 20.5. The molecular formula is C50H58Cl2N12O6. The average molecular weight is 994 g/mol. The van der Waals surface area contributed by atoms with Crippen LogP contribution in [0, 0.1) is 10.1 Å². The Morgan fingerprint density at radius 3 is 1.79 bits per heavy atom. The number of pyridine rings is 3. The van der Waals surface area contributed by atoms with Crippen LogP contribution in [-0.4, -0.2) is 101 Å². The van der Waals surface area contributed by atoms with E-state index in [0.717, 1.165) is 75.2 Å². The van der Waals surface area contributed by atoms with E-state index in [0.29, 0.717) is 39.9 Å². The van der Waals surface area contributed by atoms with E-state index in [-0.39, 0.29) is 51.9 Å². The van der Waals surface area contributed by atoms with Crippen LogP contribution in [0.15, 0.2) is 78.9 Å². The normalized spacial score (nSPS) is 15.4. The third-order valence-electron chi connectivity index (χ3n) is 11.9. The number of rotatable bonds is 12. The molecule has 0 unspecified atom stereocenters. The maximum absolute atomic E-state index is 12.5. The van der Waals surface area contributed by atoms with E-state index in [1.54, 1.807) is 24.3 Å². The van der Waals surface area contributed by atoms with E-state index in [1.165, 1.54) is 6.07 Å². The number of aromatic nitrogens is 5. The fourth-order valence-corrected chi connectivity index (χ4v) is 8.96. The van der Waals surface area contributed by atoms with Crippen molar-refractivity contribution in [3.05, 3.63) is 110 Å². The molecular weight excluding hydrogens is 936 g/mol. The molecule has 2 aromatic carbocycles. The van der Waals surface area contributed by atoms with Crippen LogP contribution >= 0.6 is 23.2 Å². The molecule has 0 aliphatic carbocycles. The molecule has 8 rings (SSSR count). The first-order valence-electron chi connectivity index (χ1n) is 23.3. The number of anilines is 3. The summed E-state index contributed by atoms with van der Waals surface area (Å²) in [5.74, 6) is 0.537. The molecule has 2 fully saturated rings. The Balaban J connectivity index is 0.943. The highest BCUT2D eigenvalue weighted by atomic mass is 35.5. The van der Waals surface area contributed by atoms with E-state index in [1.807, 2.05) is 82.5 Å². The van der Waals surface area contributed by atoms with Gasteiger partial charge in [0, 0.05) is 74.4 Å². The van der Waals surface area contributed by atoms with Crippen molar-refractivity contribution in [2.75, 3.05) is 37.2 Å². The van der Waals surface area contributed by atoms with Gasteiger partial charge in [0.05, 0.1) is 16.2 Å². The van der Waals surface area contributed by atoms with Crippen molar-refractivity contribution >= 4 is 69.6 Å². The number of nitrogen functional groups attached to an aromatic ring is 1. The topological polar surface area (TPSA) is 221 Å². The largest absolute Gasteiger partial charge is 0.444 e. The summed E-state index contributed by atoms with van der Waals surface area (Å²) in [6.45, 7) is 15.8. The molecule has 0 bridgehead atoms. The van der Waals surface area contributed by atoms with Gasteiger partial charge in [0.2, 0.25) is 5.82 Å². The predicted molar refractivity (Wildman–Crippen MR) is 271 cm³/mol. The van der Waals surface area contributed by atoms with Gasteiger partial charge in [0.25, 0.3) is 0 Å². The SMILES string of the molecule is CC(C)(C)OC(=O)NC1CCN(Cc2ccc(Nc3nc(Cl)c(-c4ccc(-c5nc6ccc(Cl)nc6n5-c5ccc(CN6CCC(NC(=O)OC(C)(C)C)CC6)cc5)c(N)n4)cc3[N+](=O)[O-])cc2)CC1. The number of imidazole rings is 1. The molecule has 368 valence electrons. The Labute approximate surface area is 416 Å². The zero-order valence-electron chi connectivity index (χ0n) is 40.1. The molecule has 2 amide bonds. The van der Waals surface area contributed by atoms with E-state index in [2.05, 4.69) is 52.8 Å². The number of fused-ring (bicyclic) bond motifs is 1. The zero-order valence-corrected chi connectivity index (χ0v) is 41.6. The van der Waals surface area contributed by atoms with Crippen LogP contribution in [0.5, 0.6) is 0 Å². The van der Waals surface area contributed by atoms with Gasteiger partial charge in [-0.05, 0) is 127 Å². The van der Waals surface area contributed by atoms with Gasteiger partial charge in [-0.1, -0.05) is 47.5 Å². The first-order valence-corrected chi connectivity index (χ1v) is 24.1. The Morgan fingerprint density at radius 2 is 1.27 bits per heavy atom. The van der Waals surface area contributed by atoms with Gasteiger partial charge in [0.15, 0.2) is 11.5 Å². The van der Waals surface area contributed by atoms with Gasteiger partial charge in [-0.2, -0.15) is 0 Å². The third-order valence-corrected chi connectivity index (χ3v) is 12.4. The standard InChI is InChI=1S/C50H58Cl2N12O6/c1-49(2,3)69-47(65)55-33-19-23-61(24-20-33)28-30-7-11-32(12-8-30)54-44-40(64(67)68)27-37(42(52)60-44)38-16-15-36(43(53)57-38)45-58-39-17-18-41(51)59-46(39)63(45)35-13-9-31(10-14-35)29-62-25-21-34(22-26-62)56-48(66)70-50(4,5)6/h7-18,27,33-34H,19-26,28-29H2,1-6H3,(H2,53,57)(H,54,60)(H,55,65)(H,56,66). The molecule has 0 spiro atoms. The molecule has 2 saturated heterocycles. The number of carbonyl (C=O) groups is 2. The molecule has 5 N–H and O–H groups in total. The van der Waals surface area contributed by atoms with E-state index < -0.39 is 22.2 Å². The molecule has 0 radical (unpaired) electrons. The zero-order chi connectivity index (χ0) is 49.9. The average Bonchev–Trinajstić information content (AvgIpc) is 3.65. The van der Waals surface area contributed by atoms with Crippen LogP contribution in [0.4, 0.5) is 32.6 Å². The Bertz CT molecular complexity index is 2870. The molecule has 0 saturated carbocycles. The van der Waals surface area contributed by atoms with Gasteiger partial charge >= 0.3 is 17.9 Å². The second kappa shape index (κ2) is 20.8. The molecule has 20 heteroatoms. The summed E-state index contributed by atoms with van der Waals surface area (Å²) in [7, 11) is 0. The molecule has 18 nitrogen and oxygen atoms in total. The fourth-order valence-electron chi connectivity index (χ4n) is 8.58. The smallest absolute Gasteiger partial charge is 0.407 e. The molecule has 2 aliphatic heterocycles. The number of nitro groups is 1. The highest BCUT2D eigenvalue weighted by Crippen LogP contribution is 2.38. The van der Waals surface area contributed by atoms with Crippen LogP contribution in [0.1, 0.15) is 78.4 Å². The Hall–Kier alpha value is -6.60. The highest BCUT2D eigenvalue weighted by Gasteiger charge is 2.27. The molecule has 4 aromatic heterocycles. The summed E-state index contributed by atoms with van der Waals surface area (Å²) >= 11 is 13.2. The van der Waals surface area contributed by atoms with Crippen molar-refractivity contribution in [1.29, 1.82) is 0 Å². The van der Waals surface area contributed by atoms with Crippen LogP contribution in [-0.2, 0) is 22.6 Å². The van der Waals surface area contributed by atoms with Gasteiger partial charge < -0.3 is 31.2 Å². The number of carbonyl (C=O) groups excluding carboxylic acids is 2. The lowest BCUT2D eigenvalue weighted by atomic mass is 10.0. The van der Waals surface area contributed by atoms with Gasteiger partial charge in [-0.3, -0.25) is 24.5 Å². The van der Waals surface area contributed by atoms with Crippen LogP contribution in [0.25, 0.3) is 39.5 Å². The highest BCUT2D eigenvalue weighted by molar-refractivity contribution is 6.32. The van der Waals surface area contributed by atoms with Crippen molar-refractivity contribution in [3.8, 4) is 28.3 Å². The van der Waals surface area contributed by atoms with Gasteiger partial charge in [-0.25, -0.2) is 29.5 Å². The van der Waals surface area contributed by atoms with E-state index >= 15 is 0 Å². The number of nitrogens with one attached hydrogen (secondary N) is 3. The van der Waals surface area contributed by atoms with Crippen molar-refractivity contribution < 1.29 is 24.0 Å². The minimum atomic E-state index is -0.548. The Kier molecular flexibility index (Phi) is 14.8. The number of hydrogen-bond donors (Lipinski definition) is 4. The lowest BCUT2D eigenvalue weighted by Crippen LogP contribution is -2.45. The van der Waals surface area contributed by atoms with Gasteiger partial charge in [0.1, 0.15) is 32.8 Å². The lowest BCUT2D eigenvalue weighted by molar-refractivity contribution is -0.384. The third kappa shape index (κ3) is 12.6. The van der Waals surface area contributed by atoms with Crippen molar-refractivity contribution in [2.24, 2.45) is 0 Å². The lowest BCUT2D eigenvalue weighted by Gasteiger charge is -2.32. The molecule has 2 aliphatic rings. The minimum absolute atomic E-state index is 0.0121. The minimum Gasteiger partial charge on any atom is -0.444 e. The summed E-state index contributed by atoms with van der Waals surface area (Å²) in [4.78, 5) is 59.8. The number of likely N-dealkylation sites (tertiary alicyclic amines) is 2. The summed E-state index contributed by atoms with van der Waals surface area (Å²) in [6.07, 6.45) is 2.48. The molecule has 6 heterocycles. The number of ether oxygens (including phenoxy) is 2. The number of amides is 2. The number of nitrogens with two attached hydrogens (primary N) is 1.